The van der Waals surface area contributed by atoms with Gasteiger partial charge in [-0.05, 0) is 53.2 Å². The number of hydrogen-bond donors (Lipinski definition) is 3. The van der Waals surface area contributed by atoms with E-state index in [2.05, 4.69) is 96.7 Å². The third kappa shape index (κ3) is 5.78. The molecule has 0 spiro atoms. The first kappa shape index (κ1) is 28.6. The summed E-state index contributed by atoms with van der Waals surface area (Å²) in [5, 5.41) is 5.74. The lowest BCUT2D eigenvalue weighted by molar-refractivity contribution is 0.135. The molecule has 2 heterocycles. The number of ether oxygens (including phenoxy) is 1. The Bertz CT molecular complexity index is 1420. The Hall–Kier alpha value is -3.95. The van der Waals surface area contributed by atoms with Gasteiger partial charge in [0.05, 0.1) is 18.5 Å². The molecule has 5 rings (SSSR count). The zero-order valence-electron chi connectivity index (χ0n) is 24.3. The van der Waals surface area contributed by atoms with Crippen molar-refractivity contribution >= 4 is 41.8 Å². The highest BCUT2D eigenvalue weighted by molar-refractivity contribution is 6.99. The Morgan fingerprint density at radius 2 is 1.44 bits per heavy atom. The first-order chi connectivity index (χ1) is 19.7. The molecule has 0 amide bonds. The number of methoxy groups -OCH3 is 1. The monoisotopic (exact) mass is 568 g/mol. The summed E-state index contributed by atoms with van der Waals surface area (Å²) in [6.07, 6.45) is 5.43. The molecule has 0 atom stereocenters. The normalized spacial score (nSPS) is 17.7. The smallest absolute Gasteiger partial charge is 0.261 e. The highest BCUT2D eigenvalue weighted by Crippen LogP contribution is 2.42. The Morgan fingerprint density at radius 1 is 0.829 bits per heavy atom. The molecule has 1 aliphatic rings. The molecule has 8 nitrogen and oxygen atoms in total. The first-order valence-electron chi connectivity index (χ1n) is 14.2. The first-order valence-corrected chi connectivity index (χ1v) is 16.1. The predicted molar refractivity (Wildman–Crippen MR) is 169 cm³/mol. The lowest BCUT2D eigenvalue weighted by atomic mass is 9.84. The molecule has 214 valence electrons. The SMILES string of the molecule is COc1ncccc1Nc1nc(N)c(N)c(C2CCC(O[Si](c3ccccc3)(c3ccccc3)C(C)(C)C)CC2)n1. The molecule has 0 radical (unpaired) electrons. The highest BCUT2D eigenvalue weighted by atomic mass is 28.4. The average Bonchev–Trinajstić information content (AvgIpc) is 2.98. The van der Waals surface area contributed by atoms with Crippen LogP contribution in [-0.4, -0.2) is 36.5 Å². The molecule has 41 heavy (non-hydrogen) atoms. The summed E-state index contributed by atoms with van der Waals surface area (Å²) < 4.78 is 12.8. The topological polar surface area (TPSA) is 121 Å². The molecule has 4 aromatic rings. The summed E-state index contributed by atoms with van der Waals surface area (Å²) in [7, 11) is -1.04. The quantitative estimate of drug-likeness (QED) is 0.242. The lowest BCUT2D eigenvalue weighted by Gasteiger charge is -2.46. The summed E-state index contributed by atoms with van der Waals surface area (Å²) in [6, 6.07) is 25.3. The standard InChI is InChI=1S/C32H40N6O2Si/c1-32(2,3)41(24-12-7-5-8-13-24,25-14-9-6-10-15-25)40-23-19-17-22(18-20-23)28-27(33)29(34)38-31(37-28)36-26-16-11-21-35-30(26)39-4/h5-16,21-23H,17-20,33H2,1-4H3,(H3,34,36,37,38). The molecule has 1 fully saturated rings. The molecular formula is C32H40N6O2Si. The minimum atomic E-state index is -2.62. The van der Waals surface area contributed by atoms with Crippen molar-refractivity contribution in [1.29, 1.82) is 0 Å². The maximum absolute atomic E-state index is 7.40. The zero-order chi connectivity index (χ0) is 29.0. The second-order valence-electron chi connectivity index (χ2n) is 11.7. The van der Waals surface area contributed by atoms with Crippen LogP contribution < -0.4 is 31.9 Å². The molecule has 0 unspecified atom stereocenters. The average molecular weight is 569 g/mol. The fourth-order valence-electron chi connectivity index (χ4n) is 6.04. The number of pyridine rings is 1. The van der Waals surface area contributed by atoms with Crippen LogP contribution in [-0.2, 0) is 4.43 Å². The van der Waals surface area contributed by atoms with Gasteiger partial charge in [-0.15, -0.1) is 0 Å². The van der Waals surface area contributed by atoms with E-state index >= 15 is 0 Å². The van der Waals surface area contributed by atoms with Crippen molar-refractivity contribution in [2.24, 2.45) is 0 Å². The van der Waals surface area contributed by atoms with Crippen molar-refractivity contribution in [3.05, 3.63) is 84.7 Å². The Labute approximate surface area is 243 Å². The predicted octanol–water partition coefficient (Wildman–Crippen LogP) is 5.39. The van der Waals surface area contributed by atoms with Crippen LogP contribution in [0.15, 0.2) is 79.0 Å². The van der Waals surface area contributed by atoms with Crippen LogP contribution in [0.2, 0.25) is 5.04 Å². The van der Waals surface area contributed by atoms with E-state index in [-0.39, 0.29) is 22.9 Å². The van der Waals surface area contributed by atoms with Crippen molar-refractivity contribution in [3.8, 4) is 5.88 Å². The van der Waals surface area contributed by atoms with Gasteiger partial charge in [-0.1, -0.05) is 81.4 Å². The lowest BCUT2D eigenvalue weighted by Crippen LogP contribution is -2.67. The third-order valence-electron chi connectivity index (χ3n) is 8.04. The van der Waals surface area contributed by atoms with Gasteiger partial charge < -0.3 is 25.9 Å². The van der Waals surface area contributed by atoms with Crippen molar-refractivity contribution in [3.63, 3.8) is 0 Å². The molecule has 5 N–H and O–H groups in total. The second kappa shape index (κ2) is 11.9. The number of rotatable bonds is 8. The number of nitrogens with two attached hydrogens (primary N) is 2. The van der Waals surface area contributed by atoms with Crippen LogP contribution in [0.5, 0.6) is 5.88 Å². The fraction of sp³-hybridized carbons (Fsp3) is 0.344. The minimum absolute atomic E-state index is 0.0635. The largest absolute Gasteiger partial charge is 0.480 e. The van der Waals surface area contributed by atoms with Gasteiger partial charge in [0.1, 0.15) is 5.69 Å². The maximum Gasteiger partial charge on any atom is 0.261 e. The zero-order valence-corrected chi connectivity index (χ0v) is 25.3. The van der Waals surface area contributed by atoms with Gasteiger partial charge in [-0.25, -0.2) is 9.97 Å². The Morgan fingerprint density at radius 3 is 2.00 bits per heavy atom. The minimum Gasteiger partial charge on any atom is -0.480 e. The number of nitrogens with zero attached hydrogens (tertiary/aromatic N) is 3. The summed E-state index contributed by atoms with van der Waals surface area (Å²) in [4.78, 5) is 13.4. The van der Waals surface area contributed by atoms with Gasteiger partial charge in [-0.3, -0.25) is 0 Å². The van der Waals surface area contributed by atoms with E-state index in [0.29, 0.717) is 23.2 Å². The van der Waals surface area contributed by atoms with E-state index < -0.39 is 8.32 Å². The van der Waals surface area contributed by atoms with Crippen LogP contribution in [0.4, 0.5) is 23.1 Å². The second-order valence-corrected chi connectivity index (χ2v) is 15.9. The molecular weight excluding hydrogens is 528 g/mol. The van der Waals surface area contributed by atoms with Gasteiger partial charge in [0.2, 0.25) is 11.8 Å². The van der Waals surface area contributed by atoms with E-state index in [9.17, 15) is 0 Å². The van der Waals surface area contributed by atoms with Crippen LogP contribution in [0.25, 0.3) is 0 Å². The molecule has 1 aliphatic carbocycles. The summed E-state index contributed by atoms with van der Waals surface area (Å²) >= 11 is 0. The van der Waals surface area contributed by atoms with Crippen LogP contribution in [0, 0.1) is 0 Å². The molecule has 2 aromatic heterocycles. The van der Waals surface area contributed by atoms with Crippen LogP contribution >= 0.6 is 0 Å². The number of nitrogens with one attached hydrogen (secondary N) is 1. The van der Waals surface area contributed by atoms with Gasteiger partial charge in [0.15, 0.2) is 5.82 Å². The molecule has 0 bridgehead atoms. The van der Waals surface area contributed by atoms with Crippen LogP contribution in [0.3, 0.4) is 0 Å². The van der Waals surface area contributed by atoms with Gasteiger partial charge in [0, 0.05) is 18.2 Å². The number of benzene rings is 2. The Kier molecular flexibility index (Phi) is 8.28. The molecule has 9 heteroatoms. The molecule has 1 saturated carbocycles. The van der Waals surface area contributed by atoms with Crippen molar-refractivity contribution < 1.29 is 9.16 Å². The van der Waals surface area contributed by atoms with E-state index in [1.54, 1.807) is 13.3 Å². The van der Waals surface area contributed by atoms with Crippen LogP contribution in [0.1, 0.15) is 58.1 Å². The maximum atomic E-state index is 7.40. The summed E-state index contributed by atoms with van der Waals surface area (Å²) in [5.41, 5.74) is 14.6. The molecule has 0 saturated heterocycles. The van der Waals surface area contributed by atoms with Gasteiger partial charge in [0.25, 0.3) is 8.32 Å². The highest BCUT2D eigenvalue weighted by Gasteiger charge is 2.51. The number of hydrogen-bond acceptors (Lipinski definition) is 8. The summed E-state index contributed by atoms with van der Waals surface area (Å²) in [6.45, 7) is 6.96. The number of aromatic nitrogens is 3. The third-order valence-corrected chi connectivity index (χ3v) is 13.1. The van der Waals surface area contributed by atoms with E-state index in [4.69, 9.17) is 25.6 Å². The number of anilines is 4. The van der Waals surface area contributed by atoms with Gasteiger partial charge in [-0.2, -0.15) is 4.98 Å². The number of nitrogen functional groups attached to an aromatic ring is 2. The van der Waals surface area contributed by atoms with Crippen molar-refractivity contribution in [2.75, 3.05) is 23.9 Å². The van der Waals surface area contributed by atoms with E-state index in [0.717, 1.165) is 31.4 Å². The van der Waals surface area contributed by atoms with Crippen molar-refractivity contribution in [2.45, 2.75) is 63.5 Å². The van der Waals surface area contributed by atoms with Gasteiger partial charge >= 0.3 is 0 Å². The van der Waals surface area contributed by atoms with E-state index in [1.807, 2.05) is 12.1 Å². The molecule has 0 aliphatic heterocycles. The van der Waals surface area contributed by atoms with E-state index in [1.165, 1.54) is 10.4 Å². The summed E-state index contributed by atoms with van der Waals surface area (Å²) in [5.74, 6) is 1.26. The molecule has 2 aromatic carbocycles. The fourth-order valence-corrected chi connectivity index (χ4v) is 10.8. The Balaban J connectivity index is 1.39. The van der Waals surface area contributed by atoms with Crippen molar-refractivity contribution in [1.82, 2.24) is 15.0 Å².